The fourth-order valence-electron chi connectivity index (χ4n) is 2.82. The van der Waals surface area contributed by atoms with Crippen molar-refractivity contribution in [2.24, 2.45) is 0 Å². The third-order valence-electron chi connectivity index (χ3n) is 3.82. The van der Waals surface area contributed by atoms with Crippen LogP contribution in [-0.2, 0) is 17.6 Å². The van der Waals surface area contributed by atoms with Crippen molar-refractivity contribution in [1.29, 1.82) is 0 Å². The molecule has 0 aliphatic carbocycles. The molecule has 1 aliphatic rings. The topological polar surface area (TPSA) is 59.4 Å². The summed E-state index contributed by atoms with van der Waals surface area (Å²) in [4.78, 5) is 14.9. The zero-order valence-electron chi connectivity index (χ0n) is 12.8. The molecule has 0 radical (unpaired) electrons. The van der Waals surface area contributed by atoms with Crippen LogP contribution in [0.15, 0.2) is 36.7 Å². The first-order valence-corrected chi connectivity index (χ1v) is 7.41. The van der Waals surface area contributed by atoms with Crippen molar-refractivity contribution < 1.29 is 14.6 Å². The van der Waals surface area contributed by atoms with Crippen LogP contribution in [0.4, 0.5) is 0 Å². The summed E-state index contributed by atoms with van der Waals surface area (Å²) in [5.74, 6) is 0.158. The molecule has 4 nitrogen and oxygen atoms in total. The minimum Gasteiger partial charge on any atom is -0.487 e. The standard InChI is InChI=1S/C18H19NO3/c1-18(2)9-14-8-13(4-5-16(14)22-18)15-7-12(10-19-11-15)3-6-17(20)21/h4-5,7-8,10-11H,3,6,9H2,1-2H3,(H,20,21). The van der Waals surface area contributed by atoms with Gasteiger partial charge in [0.25, 0.3) is 0 Å². The van der Waals surface area contributed by atoms with E-state index in [-0.39, 0.29) is 12.0 Å². The van der Waals surface area contributed by atoms with Gasteiger partial charge < -0.3 is 9.84 Å². The Hall–Kier alpha value is -2.36. The molecular weight excluding hydrogens is 278 g/mol. The Labute approximate surface area is 129 Å². The summed E-state index contributed by atoms with van der Waals surface area (Å²) in [7, 11) is 0. The number of carboxylic acids is 1. The van der Waals surface area contributed by atoms with E-state index in [1.165, 1.54) is 5.56 Å². The van der Waals surface area contributed by atoms with Crippen LogP contribution >= 0.6 is 0 Å². The first-order valence-electron chi connectivity index (χ1n) is 7.41. The highest BCUT2D eigenvalue weighted by atomic mass is 16.5. The van der Waals surface area contributed by atoms with E-state index in [2.05, 4.69) is 24.9 Å². The summed E-state index contributed by atoms with van der Waals surface area (Å²) in [6.45, 7) is 4.17. The third-order valence-corrected chi connectivity index (χ3v) is 3.82. The van der Waals surface area contributed by atoms with Gasteiger partial charge in [0.1, 0.15) is 11.4 Å². The molecule has 0 saturated heterocycles. The maximum Gasteiger partial charge on any atom is 0.303 e. The van der Waals surface area contributed by atoms with Gasteiger partial charge in [0.05, 0.1) is 0 Å². The van der Waals surface area contributed by atoms with Crippen LogP contribution in [0.5, 0.6) is 5.75 Å². The number of carbonyl (C=O) groups is 1. The van der Waals surface area contributed by atoms with Crippen LogP contribution in [0.2, 0.25) is 0 Å². The fraction of sp³-hybridized carbons (Fsp3) is 0.333. The van der Waals surface area contributed by atoms with E-state index in [9.17, 15) is 4.79 Å². The van der Waals surface area contributed by atoms with E-state index in [1.54, 1.807) is 6.20 Å². The maximum atomic E-state index is 10.7. The monoisotopic (exact) mass is 297 g/mol. The van der Waals surface area contributed by atoms with Gasteiger partial charge in [-0.15, -0.1) is 0 Å². The van der Waals surface area contributed by atoms with Gasteiger partial charge in [-0.3, -0.25) is 9.78 Å². The Bertz CT molecular complexity index is 722. The zero-order valence-corrected chi connectivity index (χ0v) is 12.8. The third kappa shape index (κ3) is 3.11. The summed E-state index contributed by atoms with van der Waals surface area (Å²) in [5.41, 5.74) is 4.10. The maximum absolute atomic E-state index is 10.7. The predicted molar refractivity (Wildman–Crippen MR) is 84.0 cm³/mol. The molecule has 0 fully saturated rings. The quantitative estimate of drug-likeness (QED) is 0.938. The zero-order chi connectivity index (χ0) is 15.7. The molecule has 1 aliphatic heterocycles. The Morgan fingerprint density at radius 2 is 2.09 bits per heavy atom. The second-order valence-corrected chi connectivity index (χ2v) is 6.34. The second-order valence-electron chi connectivity index (χ2n) is 6.34. The average Bonchev–Trinajstić information content (AvgIpc) is 2.78. The number of carboxylic acid groups (broad SMARTS) is 1. The lowest BCUT2D eigenvalue weighted by molar-refractivity contribution is -0.136. The van der Waals surface area contributed by atoms with Crippen LogP contribution in [0.3, 0.4) is 0 Å². The van der Waals surface area contributed by atoms with E-state index >= 15 is 0 Å². The Morgan fingerprint density at radius 1 is 1.27 bits per heavy atom. The number of rotatable bonds is 4. The minimum absolute atomic E-state index is 0.122. The average molecular weight is 297 g/mol. The largest absolute Gasteiger partial charge is 0.487 e. The van der Waals surface area contributed by atoms with Crippen molar-refractivity contribution in [3.8, 4) is 16.9 Å². The number of fused-ring (bicyclic) bond motifs is 1. The van der Waals surface area contributed by atoms with Gasteiger partial charge in [-0.1, -0.05) is 6.07 Å². The molecule has 4 heteroatoms. The summed E-state index contributed by atoms with van der Waals surface area (Å²) in [6, 6.07) is 8.18. The van der Waals surface area contributed by atoms with Crippen LogP contribution in [0, 0.1) is 0 Å². The smallest absolute Gasteiger partial charge is 0.303 e. The summed E-state index contributed by atoms with van der Waals surface area (Å²) in [5, 5.41) is 8.78. The van der Waals surface area contributed by atoms with Crippen LogP contribution in [0.25, 0.3) is 11.1 Å². The molecule has 2 aromatic rings. The summed E-state index contributed by atoms with van der Waals surface area (Å²) in [6.07, 6.45) is 5.05. The number of hydrogen-bond donors (Lipinski definition) is 1. The fourth-order valence-corrected chi connectivity index (χ4v) is 2.82. The highest BCUT2D eigenvalue weighted by Gasteiger charge is 2.29. The second kappa shape index (κ2) is 5.44. The molecule has 0 amide bonds. The van der Waals surface area contributed by atoms with Crippen molar-refractivity contribution in [1.82, 2.24) is 4.98 Å². The van der Waals surface area contributed by atoms with Crippen molar-refractivity contribution >= 4 is 5.97 Å². The lowest BCUT2D eigenvalue weighted by atomic mass is 9.97. The number of aryl methyl sites for hydroxylation is 1. The number of hydrogen-bond acceptors (Lipinski definition) is 3. The number of ether oxygens (including phenoxy) is 1. The molecule has 1 aromatic carbocycles. The molecule has 0 atom stereocenters. The molecule has 0 unspecified atom stereocenters. The highest BCUT2D eigenvalue weighted by molar-refractivity contribution is 5.68. The van der Waals surface area contributed by atoms with Crippen molar-refractivity contribution in [2.45, 2.75) is 38.7 Å². The van der Waals surface area contributed by atoms with Crippen molar-refractivity contribution in [2.75, 3.05) is 0 Å². The van der Waals surface area contributed by atoms with Gasteiger partial charge in [0.2, 0.25) is 0 Å². The van der Waals surface area contributed by atoms with Crippen LogP contribution in [0.1, 0.15) is 31.4 Å². The molecule has 22 heavy (non-hydrogen) atoms. The normalized spacial score (nSPS) is 15.2. The van der Waals surface area contributed by atoms with Gasteiger partial charge in [0.15, 0.2) is 0 Å². The number of aliphatic carboxylic acids is 1. The molecule has 1 aromatic heterocycles. The van der Waals surface area contributed by atoms with E-state index in [4.69, 9.17) is 9.84 Å². The van der Waals surface area contributed by atoms with E-state index < -0.39 is 5.97 Å². The van der Waals surface area contributed by atoms with Crippen molar-refractivity contribution in [3.63, 3.8) is 0 Å². The molecule has 3 rings (SSSR count). The Kier molecular flexibility index (Phi) is 3.61. The number of aromatic nitrogens is 1. The van der Waals surface area contributed by atoms with E-state index in [0.29, 0.717) is 6.42 Å². The molecule has 1 N–H and O–H groups in total. The number of benzene rings is 1. The lowest BCUT2D eigenvalue weighted by Gasteiger charge is -2.16. The molecule has 0 bridgehead atoms. The molecule has 2 heterocycles. The lowest BCUT2D eigenvalue weighted by Crippen LogP contribution is -2.24. The van der Waals surface area contributed by atoms with Crippen LogP contribution in [-0.4, -0.2) is 21.7 Å². The first-order chi connectivity index (χ1) is 10.4. The van der Waals surface area contributed by atoms with Gasteiger partial charge in [-0.25, -0.2) is 0 Å². The Balaban J connectivity index is 1.86. The first kappa shape index (κ1) is 14.6. The van der Waals surface area contributed by atoms with Gasteiger partial charge in [0, 0.05) is 30.8 Å². The van der Waals surface area contributed by atoms with Gasteiger partial charge >= 0.3 is 5.97 Å². The summed E-state index contributed by atoms with van der Waals surface area (Å²) >= 11 is 0. The SMILES string of the molecule is CC1(C)Cc2cc(-c3cncc(CCC(=O)O)c3)ccc2O1. The number of pyridine rings is 1. The minimum atomic E-state index is -0.790. The van der Waals surface area contributed by atoms with E-state index in [1.807, 2.05) is 24.4 Å². The predicted octanol–water partition coefficient (Wildman–Crippen LogP) is 3.48. The molecular formula is C18H19NO3. The van der Waals surface area contributed by atoms with Gasteiger partial charge in [-0.05, 0) is 55.2 Å². The van der Waals surface area contributed by atoms with Crippen molar-refractivity contribution in [3.05, 3.63) is 47.8 Å². The number of nitrogens with zero attached hydrogens (tertiary/aromatic N) is 1. The molecule has 0 spiro atoms. The van der Waals surface area contributed by atoms with E-state index in [0.717, 1.165) is 28.9 Å². The van der Waals surface area contributed by atoms with Gasteiger partial charge in [-0.2, -0.15) is 0 Å². The summed E-state index contributed by atoms with van der Waals surface area (Å²) < 4.78 is 5.89. The molecule has 0 saturated carbocycles. The van der Waals surface area contributed by atoms with Crippen LogP contribution < -0.4 is 4.74 Å². The molecule has 114 valence electrons. The Morgan fingerprint density at radius 3 is 2.86 bits per heavy atom. The highest BCUT2D eigenvalue weighted by Crippen LogP contribution is 2.37.